The number of carbonyl (C=O) groups excluding carboxylic acids is 1. The number of para-hydroxylation sites is 1. The van der Waals surface area contributed by atoms with E-state index in [2.05, 4.69) is 26.6 Å². The van der Waals surface area contributed by atoms with Gasteiger partial charge in [0.25, 0.3) is 0 Å². The Balaban J connectivity index is 1.72. The summed E-state index contributed by atoms with van der Waals surface area (Å²) in [7, 11) is 2.00. The smallest absolute Gasteiger partial charge is 0.250 e. The van der Waals surface area contributed by atoms with Gasteiger partial charge in [-0.05, 0) is 60.8 Å². The van der Waals surface area contributed by atoms with Crippen LogP contribution in [0.15, 0.2) is 28.7 Å². The van der Waals surface area contributed by atoms with Gasteiger partial charge in [0.2, 0.25) is 5.91 Å². The standard InChI is InChI=1S/C15H21BrN2O2/c1-17-11-6-8-12(9-7-11)20-10-15(19)18-14-5-3-2-4-13(14)16/h2-5,11-12,17H,6-10H2,1H3,(H,18,19). The number of amides is 1. The van der Waals surface area contributed by atoms with Crippen LogP contribution in [-0.2, 0) is 9.53 Å². The lowest BCUT2D eigenvalue weighted by molar-refractivity contribution is -0.123. The lowest BCUT2D eigenvalue weighted by atomic mass is 9.93. The van der Waals surface area contributed by atoms with Crippen LogP contribution in [0.3, 0.4) is 0 Å². The molecule has 1 aromatic carbocycles. The van der Waals surface area contributed by atoms with Crippen LogP contribution in [0.1, 0.15) is 25.7 Å². The number of rotatable bonds is 5. The number of hydrogen-bond donors (Lipinski definition) is 2. The van der Waals surface area contributed by atoms with Gasteiger partial charge in [0.15, 0.2) is 0 Å². The molecule has 0 saturated heterocycles. The van der Waals surface area contributed by atoms with Crippen LogP contribution in [-0.4, -0.2) is 31.7 Å². The molecule has 0 aliphatic heterocycles. The van der Waals surface area contributed by atoms with E-state index in [4.69, 9.17) is 4.74 Å². The van der Waals surface area contributed by atoms with Crippen molar-refractivity contribution in [2.45, 2.75) is 37.8 Å². The largest absolute Gasteiger partial charge is 0.368 e. The Hall–Kier alpha value is -0.910. The third-order valence-electron chi connectivity index (χ3n) is 3.68. The summed E-state index contributed by atoms with van der Waals surface area (Å²) in [4.78, 5) is 11.9. The highest BCUT2D eigenvalue weighted by molar-refractivity contribution is 9.10. The maximum Gasteiger partial charge on any atom is 0.250 e. The molecule has 0 spiro atoms. The Morgan fingerprint density at radius 3 is 2.65 bits per heavy atom. The van der Waals surface area contributed by atoms with Crippen molar-refractivity contribution in [3.05, 3.63) is 28.7 Å². The monoisotopic (exact) mass is 340 g/mol. The number of anilines is 1. The molecule has 1 saturated carbocycles. The first kappa shape index (κ1) is 15.5. The zero-order chi connectivity index (χ0) is 14.4. The van der Waals surface area contributed by atoms with Crippen LogP contribution >= 0.6 is 15.9 Å². The van der Waals surface area contributed by atoms with Crippen LogP contribution < -0.4 is 10.6 Å². The topological polar surface area (TPSA) is 50.4 Å². The third-order valence-corrected chi connectivity index (χ3v) is 4.37. The minimum absolute atomic E-state index is 0.104. The molecule has 1 aliphatic carbocycles. The molecule has 0 heterocycles. The summed E-state index contributed by atoms with van der Waals surface area (Å²) >= 11 is 3.40. The number of halogens is 1. The fourth-order valence-corrected chi connectivity index (χ4v) is 2.84. The Labute approximate surface area is 128 Å². The van der Waals surface area contributed by atoms with E-state index in [1.54, 1.807) is 0 Å². The second-order valence-corrected chi connectivity index (χ2v) is 5.96. The van der Waals surface area contributed by atoms with Gasteiger partial charge in [0.05, 0.1) is 11.8 Å². The molecule has 0 unspecified atom stereocenters. The number of carbonyl (C=O) groups is 1. The molecule has 20 heavy (non-hydrogen) atoms. The molecular formula is C15H21BrN2O2. The Bertz CT molecular complexity index is 445. The van der Waals surface area contributed by atoms with E-state index in [1.807, 2.05) is 31.3 Å². The molecule has 0 aromatic heterocycles. The van der Waals surface area contributed by atoms with Crippen molar-refractivity contribution in [2.75, 3.05) is 19.0 Å². The highest BCUT2D eigenvalue weighted by Crippen LogP contribution is 2.22. The zero-order valence-electron chi connectivity index (χ0n) is 11.7. The second-order valence-electron chi connectivity index (χ2n) is 5.10. The van der Waals surface area contributed by atoms with E-state index in [-0.39, 0.29) is 18.6 Å². The molecule has 1 fully saturated rings. The fraction of sp³-hybridized carbons (Fsp3) is 0.533. The van der Waals surface area contributed by atoms with Crippen molar-refractivity contribution < 1.29 is 9.53 Å². The first-order chi connectivity index (χ1) is 9.69. The molecule has 2 N–H and O–H groups in total. The summed E-state index contributed by atoms with van der Waals surface area (Å²) in [6.07, 6.45) is 4.49. The van der Waals surface area contributed by atoms with Crippen LogP contribution in [0.4, 0.5) is 5.69 Å². The summed E-state index contributed by atoms with van der Waals surface area (Å²) in [5.41, 5.74) is 0.778. The summed E-state index contributed by atoms with van der Waals surface area (Å²) in [6, 6.07) is 8.16. The average molecular weight is 341 g/mol. The van der Waals surface area contributed by atoms with E-state index >= 15 is 0 Å². The van der Waals surface area contributed by atoms with Crippen LogP contribution in [0, 0.1) is 0 Å². The van der Waals surface area contributed by atoms with Crippen LogP contribution in [0.2, 0.25) is 0 Å². The molecule has 110 valence electrons. The predicted octanol–water partition coefficient (Wildman–Crippen LogP) is 2.93. The van der Waals surface area contributed by atoms with Crippen molar-refractivity contribution in [1.29, 1.82) is 0 Å². The van der Waals surface area contributed by atoms with Gasteiger partial charge in [0, 0.05) is 10.5 Å². The van der Waals surface area contributed by atoms with Gasteiger partial charge in [-0.1, -0.05) is 12.1 Å². The van der Waals surface area contributed by atoms with E-state index in [0.717, 1.165) is 35.8 Å². The second kappa shape index (κ2) is 7.76. The molecule has 0 atom stereocenters. The highest BCUT2D eigenvalue weighted by Gasteiger charge is 2.21. The summed E-state index contributed by atoms with van der Waals surface area (Å²) in [5, 5.41) is 6.13. The maximum absolute atomic E-state index is 11.9. The zero-order valence-corrected chi connectivity index (χ0v) is 13.3. The number of hydrogen-bond acceptors (Lipinski definition) is 3. The molecule has 0 radical (unpaired) electrons. The number of nitrogens with one attached hydrogen (secondary N) is 2. The van der Waals surface area contributed by atoms with Crippen molar-refractivity contribution in [3.63, 3.8) is 0 Å². The first-order valence-electron chi connectivity index (χ1n) is 7.02. The Morgan fingerprint density at radius 2 is 2.00 bits per heavy atom. The lowest BCUT2D eigenvalue weighted by Gasteiger charge is -2.28. The third kappa shape index (κ3) is 4.58. The van der Waals surface area contributed by atoms with Crippen molar-refractivity contribution >= 4 is 27.5 Å². The molecule has 1 aromatic rings. The Kier molecular flexibility index (Phi) is 6.01. The van der Waals surface area contributed by atoms with Gasteiger partial charge < -0.3 is 15.4 Å². The van der Waals surface area contributed by atoms with Gasteiger partial charge in [-0.3, -0.25) is 4.79 Å². The van der Waals surface area contributed by atoms with Gasteiger partial charge >= 0.3 is 0 Å². The highest BCUT2D eigenvalue weighted by atomic mass is 79.9. The normalized spacial score (nSPS) is 22.5. The van der Waals surface area contributed by atoms with Crippen LogP contribution in [0.25, 0.3) is 0 Å². The molecule has 1 amide bonds. The lowest BCUT2D eigenvalue weighted by Crippen LogP contribution is -2.34. The van der Waals surface area contributed by atoms with Gasteiger partial charge in [0.1, 0.15) is 6.61 Å². The van der Waals surface area contributed by atoms with E-state index < -0.39 is 0 Å². The minimum atomic E-state index is -0.104. The summed E-state index contributed by atoms with van der Waals surface area (Å²) < 4.78 is 6.57. The van der Waals surface area contributed by atoms with Crippen molar-refractivity contribution in [1.82, 2.24) is 5.32 Å². The summed E-state index contributed by atoms with van der Waals surface area (Å²) in [6.45, 7) is 0.121. The van der Waals surface area contributed by atoms with Gasteiger partial charge in [-0.15, -0.1) is 0 Å². The van der Waals surface area contributed by atoms with Crippen molar-refractivity contribution in [3.8, 4) is 0 Å². The molecule has 5 heteroatoms. The molecule has 0 bridgehead atoms. The van der Waals surface area contributed by atoms with Crippen molar-refractivity contribution in [2.24, 2.45) is 0 Å². The molecule has 1 aliphatic rings. The van der Waals surface area contributed by atoms with Gasteiger partial charge in [-0.2, -0.15) is 0 Å². The average Bonchev–Trinajstić information content (AvgIpc) is 2.48. The number of benzene rings is 1. The minimum Gasteiger partial charge on any atom is -0.368 e. The SMILES string of the molecule is CNC1CCC(OCC(=O)Nc2ccccc2Br)CC1. The van der Waals surface area contributed by atoms with E-state index in [1.165, 1.54) is 0 Å². The van der Waals surface area contributed by atoms with Crippen LogP contribution in [0.5, 0.6) is 0 Å². The molecular weight excluding hydrogens is 320 g/mol. The maximum atomic E-state index is 11.9. The summed E-state index contributed by atoms with van der Waals surface area (Å²) in [5.74, 6) is -0.104. The first-order valence-corrected chi connectivity index (χ1v) is 7.81. The molecule has 4 nitrogen and oxygen atoms in total. The fourth-order valence-electron chi connectivity index (χ4n) is 2.46. The Morgan fingerprint density at radius 1 is 1.30 bits per heavy atom. The van der Waals surface area contributed by atoms with E-state index in [0.29, 0.717) is 6.04 Å². The number of ether oxygens (including phenoxy) is 1. The quantitative estimate of drug-likeness (QED) is 0.866. The van der Waals surface area contributed by atoms with Gasteiger partial charge in [-0.25, -0.2) is 0 Å². The van der Waals surface area contributed by atoms with E-state index in [9.17, 15) is 4.79 Å². The molecule has 2 rings (SSSR count). The predicted molar refractivity (Wildman–Crippen MR) is 83.8 cm³/mol.